The predicted molar refractivity (Wildman–Crippen MR) is 161 cm³/mol. The van der Waals surface area contributed by atoms with Crippen molar-refractivity contribution >= 4 is 5.69 Å². The van der Waals surface area contributed by atoms with Crippen LogP contribution in [0.3, 0.4) is 0 Å². The van der Waals surface area contributed by atoms with Gasteiger partial charge in [-0.05, 0) is 95.5 Å². The Bertz CT molecular complexity index is 1600. The Morgan fingerprint density at radius 2 is 1.56 bits per heavy atom. The number of aliphatic hydroxyl groups is 1. The van der Waals surface area contributed by atoms with Gasteiger partial charge >= 0.3 is 6.18 Å². The number of aliphatic hydroxyl groups excluding tert-OH is 1. The Labute approximate surface area is 249 Å². The molecular weight excluding hydrogens is 555 g/mol. The Kier molecular flexibility index (Phi) is 7.97. The van der Waals surface area contributed by atoms with Crippen molar-refractivity contribution in [2.45, 2.75) is 44.6 Å². The number of benzene rings is 4. The third-order valence-corrected chi connectivity index (χ3v) is 8.37. The topological polar surface area (TPSA) is 51.2 Å². The molecule has 0 radical (unpaired) electrons. The van der Waals surface area contributed by atoms with E-state index in [9.17, 15) is 18.3 Å². The average Bonchev–Trinajstić information content (AvgIpc) is 3.68. The van der Waals surface area contributed by atoms with Crippen LogP contribution in [0.5, 0.6) is 17.2 Å². The number of nitrogens with zero attached hydrogens (tertiary/aromatic N) is 1. The zero-order valence-electron chi connectivity index (χ0n) is 24.2. The van der Waals surface area contributed by atoms with Gasteiger partial charge in [0.15, 0.2) is 0 Å². The highest BCUT2D eigenvalue weighted by atomic mass is 19.4. The SMILES string of the molecule is COc1cc(OC)cc(-c2cc(-c3cc(N4CCC(O)C4)ccc3C(F)(F)F)c(OCc3ccccc3)c3c2CCC3)c1. The van der Waals surface area contributed by atoms with Gasteiger partial charge in [-0.1, -0.05) is 30.3 Å². The van der Waals surface area contributed by atoms with Crippen molar-refractivity contribution in [3.8, 4) is 39.5 Å². The second kappa shape index (κ2) is 11.8. The Balaban J connectivity index is 1.59. The highest BCUT2D eigenvalue weighted by Crippen LogP contribution is 2.49. The first-order chi connectivity index (χ1) is 20.7. The maximum absolute atomic E-state index is 14.7. The van der Waals surface area contributed by atoms with Gasteiger partial charge in [0.05, 0.1) is 25.9 Å². The number of ether oxygens (including phenoxy) is 3. The van der Waals surface area contributed by atoms with Crippen LogP contribution < -0.4 is 19.1 Å². The van der Waals surface area contributed by atoms with Gasteiger partial charge in [0.25, 0.3) is 0 Å². The van der Waals surface area contributed by atoms with E-state index in [-0.39, 0.29) is 12.2 Å². The minimum Gasteiger partial charge on any atom is -0.497 e. The summed E-state index contributed by atoms with van der Waals surface area (Å²) in [7, 11) is 3.15. The average molecular weight is 590 g/mol. The number of fused-ring (bicyclic) bond motifs is 1. The van der Waals surface area contributed by atoms with Gasteiger partial charge in [0.2, 0.25) is 0 Å². The van der Waals surface area contributed by atoms with Crippen LogP contribution in [0.15, 0.2) is 72.8 Å². The number of hydrogen-bond acceptors (Lipinski definition) is 5. The lowest BCUT2D eigenvalue weighted by Gasteiger charge is -2.24. The second-order valence-corrected chi connectivity index (χ2v) is 11.1. The van der Waals surface area contributed by atoms with Crippen LogP contribution >= 0.6 is 0 Å². The molecule has 1 atom stereocenters. The van der Waals surface area contributed by atoms with Crippen LogP contribution in [0.4, 0.5) is 18.9 Å². The van der Waals surface area contributed by atoms with E-state index < -0.39 is 17.8 Å². The molecule has 1 aliphatic carbocycles. The zero-order valence-corrected chi connectivity index (χ0v) is 24.2. The zero-order chi connectivity index (χ0) is 30.1. The molecule has 0 saturated carbocycles. The molecule has 1 N–H and O–H groups in total. The van der Waals surface area contributed by atoms with Crippen molar-refractivity contribution < 1.29 is 32.5 Å². The molecule has 8 heteroatoms. The lowest BCUT2D eigenvalue weighted by Crippen LogP contribution is -2.21. The first-order valence-electron chi connectivity index (χ1n) is 14.5. The number of halogens is 3. The van der Waals surface area contributed by atoms with E-state index in [1.807, 2.05) is 53.4 Å². The van der Waals surface area contributed by atoms with Crippen LogP contribution in [0.1, 0.15) is 35.1 Å². The van der Waals surface area contributed by atoms with Gasteiger partial charge in [0, 0.05) is 30.4 Å². The molecule has 0 amide bonds. The van der Waals surface area contributed by atoms with Crippen molar-refractivity contribution in [2.75, 3.05) is 32.2 Å². The lowest BCUT2D eigenvalue weighted by atomic mass is 9.88. The Morgan fingerprint density at radius 3 is 2.21 bits per heavy atom. The number of rotatable bonds is 8. The van der Waals surface area contributed by atoms with Crippen LogP contribution in [0.2, 0.25) is 0 Å². The van der Waals surface area contributed by atoms with Crippen molar-refractivity contribution in [1.29, 1.82) is 0 Å². The second-order valence-electron chi connectivity index (χ2n) is 11.1. The summed E-state index contributed by atoms with van der Waals surface area (Å²) in [4.78, 5) is 1.93. The molecule has 5 nitrogen and oxygen atoms in total. The highest BCUT2D eigenvalue weighted by Gasteiger charge is 2.36. The number of alkyl halides is 3. The van der Waals surface area contributed by atoms with Crippen molar-refractivity contribution in [2.24, 2.45) is 0 Å². The maximum atomic E-state index is 14.7. The van der Waals surface area contributed by atoms with E-state index in [1.165, 1.54) is 6.07 Å². The van der Waals surface area contributed by atoms with E-state index in [0.717, 1.165) is 46.7 Å². The third-order valence-electron chi connectivity index (χ3n) is 8.37. The first kappa shape index (κ1) is 28.9. The normalized spacial score (nSPS) is 16.3. The minimum atomic E-state index is -4.59. The quantitative estimate of drug-likeness (QED) is 0.228. The smallest absolute Gasteiger partial charge is 0.417 e. The van der Waals surface area contributed by atoms with Crippen molar-refractivity contribution in [1.82, 2.24) is 0 Å². The molecule has 4 aromatic carbocycles. The van der Waals surface area contributed by atoms with Gasteiger partial charge in [-0.15, -0.1) is 0 Å². The minimum absolute atomic E-state index is 0.0558. The van der Waals surface area contributed by atoms with E-state index in [4.69, 9.17) is 14.2 Å². The van der Waals surface area contributed by atoms with E-state index in [0.29, 0.717) is 54.4 Å². The molecule has 1 saturated heterocycles. The molecule has 0 spiro atoms. The molecule has 43 heavy (non-hydrogen) atoms. The third kappa shape index (κ3) is 5.89. The van der Waals surface area contributed by atoms with Crippen molar-refractivity contribution in [3.05, 3.63) is 95.1 Å². The molecule has 1 unspecified atom stereocenters. The summed E-state index contributed by atoms with van der Waals surface area (Å²) < 4.78 is 61.5. The standard InChI is InChI=1S/C35H34F3NO4/c1-41-26-15-23(16-27(18-26)42-2)30-19-32(34(29-10-6-9-28(29)30)43-21-22-7-4-3-5-8-22)31-17-24(39-14-13-25(40)20-39)11-12-33(31)35(36,37)38/h3-5,7-8,11-12,15-19,25,40H,6,9-10,13-14,20-21H2,1-2H3. The summed E-state index contributed by atoms with van der Waals surface area (Å²) in [5.74, 6) is 1.68. The molecule has 4 aromatic rings. The fraction of sp³-hybridized carbons (Fsp3) is 0.314. The van der Waals surface area contributed by atoms with E-state index in [1.54, 1.807) is 26.4 Å². The van der Waals surface area contributed by atoms with Crippen LogP contribution in [-0.2, 0) is 25.6 Å². The number of hydrogen-bond donors (Lipinski definition) is 1. The molecule has 6 rings (SSSR count). The molecule has 0 aromatic heterocycles. The summed E-state index contributed by atoms with van der Waals surface area (Å²) in [5.41, 5.74) is 4.92. The molecule has 2 aliphatic rings. The fourth-order valence-electron chi connectivity index (χ4n) is 6.24. The molecular formula is C35H34F3NO4. The Morgan fingerprint density at radius 1 is 0.837 bits per heavy atom. The predicted octanol–water partition coefficient (Wildman–Crippen LogP) is 7.70. The van der Waals surface area contributed by atoms with Gasteiger partial charge in [-0.3, -0.25) is 0 Å². The van der Waals surface area contributed by atoms with Crippen LogP contribution in [0, 0.1) is 0 Å². The first-order valence-corrected chi connectivity index (χ1v) is 14.5. The molecule has 1 heterocycles. The number of anilines is 1. The molecule has 1 fully saturated rings. The Hall–Kier alpha value is -4.17. The molecule has 224 valence electrons. The lowest BCUT2D eigenvalue weighted by molar-refractivity contribution is -0.137. The summed E-state index contributed by atoms with van der Waals surface area (Å²) in [5, 5.41) is 10.1. The van der Waals surface area contributed by atoms with Crippen molar-refractivity contribution in [3.63, 3.8) is 0 Å². The monoisotopic (exact) mass is 589 g/mol. The largest absolute Gasteiger partial charge is 0.497 e. The summed E-state index contributed by atoms with van der Waals surface area (Å²) in [6.07, 6.45) is -2.18. The molecule has 1 aliphatic heterocycles. The van der Waals surface area contributed by atoms with E-state index >= 15 is 0 Å². The number of methoxy groups -OCH3 is 2. The summed E-state index contributed by atoms with van der Waals surface area (Å²) in [6, 6.07) is 21.3. The van der Waals surface area contributed by atoms with E-state index in [2.05, 4.69) is 0 Å². The highest BCUT2D eigenvalue weighted by molar-refractivity contribution is 5.86. The number of β-amino-alcohol motifs (C(OH)–C–C–N with tert-alkyl or cyclic N) is 1. The van der Waals surface area contributed by atoms with Crippen LogP contribution in [0.25, 0.3) is 22.3 Å². The van der Waals surface area contributed by atoms with Gasteiger partial charge in [-0.2, -0.15) is 13.2 Å². The van der Waals surface area contributed by atoms with Gasteiger partial charge in [-0.25, -0.2) is 0 Å². The van der Waals surface area contributed by atoms with Gasteiger partial charge in [0.1, 0.15) is 23.9 Å². The van der Waals surface area contributed by atoms with Crippen LogP contribution in [-0.4, -0.2) is 38.5 Å². The van der Waals surface area contributed by atoms with Gasteiger partial charge < -0.3 is 24.2 Å². The maximum Gasteiger partial charge on any atom is 0.417 e. The summed E-state index contributed by atoms with van der Waals surface area (Å²) in [6.45, 7) is 1.18. The molecule has 0 bridgehead atoms. The summed E-state index contributed by atoms with van der Waals surface area (Å²) >= 11 is 0. The fourth-order valence-corrected chi connectivity index (χ4v) is 6.24.